The maximum Gasteiger partial charge on any atom is 0.429 e. The van der Waals surface area contributed by atoms with Crippen LogP contribution in [0.15, 0.2) is 48.8 Å². The van der Waals surface area contributed by atoms with Gasteiger partial charge in [-0.05, 0) is 17.9 Å². The molecular formula is C22H32N2O4. The molecule has 154 valence electrons. The molecule has 1 rings (SSSR count). The average molecular weight is 389 g/mol. The van der Waals surface area contributed by atoms with Crippen LogP contribution in [-0.4, -0.2) is 29.4 Å². The Morgan fingerprint density at radius 3 is 2.32 bits per heavy atom. The monoisotopic (exact) mass is 388 g/mol. The van der Waals surface area contributed by atoms with Crippen molar-refractivity contribution in [3.8, 4) is 0 Å². The summed E-state index contributed by atoms with van der Waals surface area (Å²) in [4.78, 5) is 36.3. The number of hydrogen-bond acceptors (Lipinski definition) is 5. The van der Waals surface area contributed by atoms with Crippen LogP contribution < -0.4 is 5.73 Å². The van der Waals surface area contributed by atoms with E-state index in [9.17, 15) is 14.4 Å². The summed E-state index contributed by atoms with van der Waals surface area (Å²) in [5, 5.41) is 0. The Kier molecular flexibility index (Phi) is 8.57. The highest BCUT2D eigenvalue weighted by atomic mass is 16.6. The molecule has 2 N–H and O–H groups in total. The van der Waals surface area contributed by atoms with Crippen molar-refractivity contribution < 1.29 is 19.1 Å². The summed E-state index contributed by atoms with van der Waals surface area (Å²) in [6.45, 7) is 14.3. The van der Waals surface area contributed by atoms with Crippen LogP contribution in [0.5, 0.6) is 0 Å². The fourth-order valence-corrected chi connectivity index (χ4v) is 2.90. The van der Waals surface area contributed by atoms with Crippen LogP contribution in [-0.2, 0) is 14.3 Å². The number of carbonyl (C=O) groups is 3. The Bertz CT molecular complexity index is 685. The van der Waals surface area contributed by atoms with Crippen LogP contribution in [0.3, 0.4) is 0 Å². The van der Waals surface area contributed by atoms with Crippen LogP contribution in [0.4, 0.5) is 4.79 Å². The molecule has 0 saturated heterocycles. The number of imide groups is 3. The maximum absolute atomic E-state index is 12.4. The van der Waals surface area contributed by atoms with Crippen LogP contribution in [0.25, 0.3) is 0 Å². The number of ether oxygens (including phenoxy) is 1. The predicted molar refractivity (Wildman–Crippen MR) is 110 cm³/mol. The number of amides is 3. The minimum absolute atomic E-state index is 0.0675. The first-order chi connectivity index (χ1) is 13.1. The molecule has 1 aliphatic heterocycles. The number of rotatable bonds is 9. The number of nitrogens with zero attached hydrogens (tertiary/aromatic N) is 1. The lowest BCUT2D eigenvalue weighted by molar-refractivity contribution is -0.134. The fourth-order valence-electron chi connectivity index (χ4n) is 2.90. The summed E-state index contributed by atoms with van der Waals surface area (Å²) >= 11 is 0. The first kappa shape index (κ1) is 23.6. The van der Waals surface area contributed by atoms with Crippen molar-refractivity contribution in [3.05, 3.63) is 48.8 Å². The van der Waals surface area contributed by atoms with Gasteiger partial charge in [0.05, 0.1) is 0 Å². The number of hydrogen-bond donors (Lipinski definition) is 1. The van der Waals surface area contributed by atoms with E-state index in [0.717, 1.165) is 18.6 Å². The Morgan fingerprint density at radius 1 is 1.29 bits per heavy atom. The molecule has 0 spiro atoms. The molecule has 0 aromatic heterocycles. The van der Waals surface area contributed by atoms with Crippen LogP contribution in [0.1, 0.15) is 41.0 Å². The fraction of sp³-hybridized carbons (Fsp3) is 0.500. The number of nitrogens with two attached hydrogens (primary N) is 1. The van der Waals surface area contributed by atoms with Gasteiger partial charge in [-0.25, -0.2) is 4.79 Å². The Labute approximate surface area is 167 Å². The van der Waals surface area contributed by atoms with E-state index in [1.807, 2.05) is 13.0 Å². The van der Waals surface area contributed by atoms with E-state index in [-0.39, 0.29) is 23.8 Å². The summed E-state index contributed by atoms with van der Waals surface area (Å²) < 4.78 is 5.44. The molecule has 0 radical (unpaired) electrons. The van der Waals surface area contributed by atoms with E-state index < -0.39 is 17.9 Å². The van der Waals surface area contributed by atoms with Gasteiger partial charge in [0, 0.05) is 30.0 Å². The van der Waals surface area contributed by atoms with E-state index in [2.05, 4.69) is 46.4 Å². The summed E-state index contributed by atoms with van der Waals surface area (Å²) in [6, 6.07) is 0. The topological polar surface area (TPSA) is 89.7 Å². The van der Waals surface area contributed by atoms with Gasteiger partial charge < -0.3 is 10.5 Å². The van der Waals surface area contributed by atoms with Gasteiger partial charge in [0.2, 0.25) is 0 Å². The van der Waals surface area contributed by atoms with Gasteiger partial charge in [0.1, 0.15) is 5.76 Å². The molecule has 1 heterocycles. The smallest absolute Gasteiger partial charge is 0.414 e. The molecule has 0 aliphatic carbocycles. The van der Waals surface area contributed by atoms with Crippen molar-refractivity contribution in [1.29, 1.82) is 0 Å². The molecular weight excluding hydrogens is 356 g/mol. The molecule has 0 aromatic rings. The highest BCUT2D eigenvalue weighted by Gasteiger charge is 2.34. The largest absolute Gasteiger partial charge is 0.429 e. The van der Waals surface area contributed by atoms with Gasteiger partial charge in [-0.15, -0.1) is 6.58 Å². The maximum atomic E-state index is 12.4. The van der Waals surface area contributed by atoms with Crippen molar-refractivity contribution >= 4 is 17.9 Å². The summed E-state index contributed by atoms with van der Waals surface area (Å²) in [5.74, 6) is -0.866. The molecule has 0 fully saturated rings. The van der Waals surface area contributed by atoms with Gasteiger partial charge in [-0.2, -0.15) is 4.90 Å². The van der Waals surface area contributed by atoms with Gasteiger partial charge in [0.15, 0.2) is 0 Å². The lowest BCUT2D eigenvalue weighted by Gasteiger charge is -2.29. The van der Waals surface area contributed by atoms with Gasteiger partial charge in [-0.3, -0.25) is 9.59 Å². The third-order valence-electron chi connectivity index (χ3n) is 5.12. The number of carbonyl (C=O) groups excluding carboxylic acids is 3. The van der Waals surface area contributed by atoms with E-state index in [4.69, 9.17) is 10.5 Å². The first-order valence-electron chi connectivity index (χ1n) is 9.58. The third kappa shape index (κ3) is 6.02. The minimum Gasteiger partial charge on any atom is -0.414 e. The van der Waals surface area contributed by atoms with Gasteiger partial charge in [0.25, 0.3) is 11.8 Å². The SMILES string of the molecule is C=CC(C)(C)/C=C/[C@@H]([C@H](C)CC)[C@H](C)/C(=C\CN)OC(=O)N1C(=O)C=CC1=O. The second kappa shape index (κ2) is 10.2. The van der Waals surface area contributed by atoms with Crippen LogP contribution in [0, 0.1) is 23.2 Å². The van der Waals surface area contributed by atoms with Crippen molar-refractivity contribution in [2.75, 3.05) is 6.54 Å². The number of allylic oxidation sites excluding steroid dienone is 4. The molecule has 0 saturated carbocycles. The van der Waals surface area contributed by atoms with Gasteiger partial charge in [-0.1, -0.05) is 59.3 Å². The molecule has 0 aromatic carbocycles. The molecule has 3 atom stereocenters. The zero-order chi connectivity index (χ0) is 21.5. The van der Waals surface area contributed by atoms with Gasteiger partial charge >= 0.3 is 6.09 Å². The molecule has 6 heteroatoms. The normalized spacial score (nSPS) is 18.5. The summed E-state index contributed by atoms with van der Waals surface area (Å²) in [7, 11) is 0. The van der Waals surface area contributed by atoms with Crippen molar-refractivity contribution in [1.82, 2.24) is 4.90 Å². The van der Waals surface area contributed by atoms with Crippen molar-refractivity contribution in [2.45, 2.75) is 41.0 Å². The molecule has 3 amide bonds. The van der Waals surface area contributed by atoms with E-state index in [1.54, 1.807) is 6.08 Å². The standard InChI is InChI=1S/C22H32N2O4/c1-7-15(3)17(11-13-22(5,6)8-2)16(4)18(12-14-23)28-21(27)24-19(25)9-10-20(24)26/h8-13,15-17H,2,7,14,23H2,1,3-6H3/b13-11+,18-12+/t15-,16+,17+/m1/s1. The highest BCUT2D eigenvalue weighted by Crippen LogP contribution is 2.33. The molecule has 6 nitrogen and oxygen atoms in total. The molecule has 28 heavy (non-hydrogen) atoms. The average Bonchev–Trinajstić information content (AvgIpc) is 2.99. The lowest BCUT2D eigenvalue weighted by Crippen LogP contribution is -2.37. The van der Waals surface area contributed by atoms with Crippen molar-refractivity contribution in [2.24, 2.45) is 28.9 Å². The molecule has 0 bridgehead atoms. The van der Waals surface area contributed by atoms with E-state index in [1.165, 1.54) is 0 Å². The Morgan fingerprint density at radius 2 is 1.86 bits per heavy atom. The van der Waals surface area contributed by atoms with E-state index in [0.29, 0.717) is 16.6 Å². The summed E-state index contributed by atoms with van der Waals surface area (Å²) in [6.07, 6.45) is 9.70. The quantitative estimate of drug-likeness (QED) is 0.367. The van der Waals surface area contributed by atoms with Crippen molar-refractivity contribution in [3.63, 3.8) is 0 Å². The minimum atomic E-state index is -1.01. The highest BCUT2D eigenvalue weighted by molar-refractivity contribution is 6.21. The second-order valence-corrected chi connectivity index (χ2v) is 7.69. The third-order valence-corrected chi connectivity index (χ3v) is 5.12. The Hall–Kier alpha value is -2.47. The zero-order valence-corrected chi connectivity index (χ0v) is 17.5. The van der Waals surface area contributed by atoms with Crippen LogP contribution >= 0.6 is 0 Å². The Balaban J connectivity index is 3.10. The zero-order valence-electron chi connectivity index (χ0n) is 17.5. The van der Waals surface area contributed by atoms with E-state index >= 15 is 0 Å². The molecule has 0 unspecified atom stereocenters. The lowest BCUT2D eigenvalue weighted by atomic mass is 9.79. The first-order valence-corrected chi connectivity index (χ1v) is 9.58. The molecule has 1 aliphatic rings. The second-order valence-electron chi connectivity index (χ2n) is 7.69. The predicted octanol–water partition coefficient (Wildman–Crippen LogP) is 3.96. The summed E-state index contributed by atoms with van der Waals surface area (Å²) in [5.41, 5.74) is 5.50. The van der Waals surface area contributed by atoms with Crippen LogP contribution in [0.2, 0.25) is 0 Å².